The van der Waals surface area contributed by atoms with Crippen LogP contribution in [0.1, 0.15) is 12.5 Å². The standard InChI is InChI=1S/C15H14NOS.ClHO4/c1-11-10-16-8-4-3-5-15(16)18-14-9-12(17-2)6-7-13(11)14;2-1(3,4)5/h3-10H,1-2H3;(H,2,3,4,5)/q+1;/p-1. The summed E-state index contributed by atoms with van der Waals surface area (Å²) in [6.07, 6.45) is 4.25. The molecule has 0 atom stereocenters. The summed E-state index contributed by atoms with van der Waals surface area (Å²) in [7, 11) is -3.24. The van der Waals surface area contributed by atoms with Gasteiger partial charge in [0.2, 0.25) is 5.03 Å². The quantitative estimate of drug-likeness (QED) is 0.589. The van der Waals surface area contributed by atoms with Gasteiger partial charge in [0, 0.05) is 22.6 Å². The lowest BCUT2D eigenvalue weighted by molar-refractivity contribution is -2.00. The minimum atomic E-state index is -4.94. The molecule has 0 spiro atoms. The van der Waals surface area contributed by atoms with E-state index in [-0.39, 0.29) is 0 Å². The number of hydrogen-bond donors (Lipinski definition) is 0. The predicted molar refractivity (Wildman–Crippen MR) is 73.6 cm³/mol. The monoisotopic (exact) mass is 355 g/mol. The van der Waals surface area contributed by atoms with Crippen LogP contribution in [0.15, 0.2) is 52.5 Å². The normalized spacial score (nSPS) is 12.9. The van der Waals surface area contributed by atoms with Gasteiger partial charge in [0.15, 0.2) is 12.4 Å². The van der Waals surface area contributed by atoms with Crippen molar-refractivity contribution in [2.75, 3.05) is 7.11 Å². The molecule has 1 aliphatic rings. The molecule has 6 nitrogen and oxygen atoms in total. The van der Waals surface area contributed by atoms with E-state index in [9.17, 15) is 0 Å². The number of pyridine rings is 1. The van der Waals surface area contributed by atoms with Crippen molar-refractivity contribution in [2.45, 2.75) is 16.8 Å². The zero-order valence-electron chi connectivity index (χ0n) is 12.4. The number of allylic oxidation sites excluding steroid dienone is 1. The van der Waals surface area contributed by atoms with Crippen LogP contribution < -0.4 is 27.9 Å². The van der Waals surface area contributed by atoms with E-state index < -0.39 is 10.2 Å². The van der Waals surface area contributed by atoms with Crippen molar-refractivity contribution in [1.82, 2.24) is 0 Å². The highest BCUT2D eigenvalue weighted by atomic mass is 35.7. The molecule has 0 radical (unpaired) electrons. The highest BCUT2D eigenvalue weighted by molar-refractivity contribution is 7.99. The third-order valence-electron chi connectivity index (χ3n) is 3.01. The Bertz CT molecular complexity index is 724. The van der Waals surface area contributed by atoms with E-state index in [0.29, 0.717) is 0 Å². The lowest BCUT2D eigenvalue weighted by Gasteiger charge is -2.17. The van der Waals surface area contributed by atoms with Gasteiger partial charge in [-0.1, -0.05) is 0 Å². The second-order valence-electron chi connectivity index (χ2n) is 4.60. The molecule has 0 saturated heterocycles. The number of halogens is 1. The molecule has 1 aromatic heterocycles. The van der Waals surface area contributed by atoms with Gasteiger partial charge in [-0.05, 0) is 48.5 Å². The lowest BCUT2D eigenvalue weighted by Crippen LogP contribution is -2.68. The average molecular weight is 356 g/mol. The lowest BCUT2D eigenvalue weighted by atomic mass is 10.1. The molecule has 0 N–H and O–H groups in total. The van der Waals surface area contributed by atoms with E-state index in [4.69, 9.17) is 23.4 Å². The van der Waals surface area contributed by atoms with Gasteiger partial charge < -0.3 is 4.74 Å². The number of fused-ring (bicyclic) bond motifs is 2. The Kier molecular flexibility index (Phi) is 5.64. The number of nitrogens with zero attached hydrogens (tertiary/aromatic N) is 1. The van der Waals surface area contributed by atoms with Gasteiger partial charge in [-0.2, -0.15) is 4.57 Å². The number of aromatic nitrogens is 1. The van der Waals surface area contributed by atoms with Gasteiger partial charge in [-0.3, -0.25) is 0 Å². The van der Waals surface area contributed by atoms with Gasteiger partial charge in [-0.15, -0.1) is 10.2 Å². The van der Waals surface area contributed by atoms with Crippen LogP contribution in [0, 0.1) is 10.2 Å². The van der Waals surface area contributed by atoms with Crippen LogP contribution in [-0.4, -0.2) is 7.11 Å². The molecule has 0 fully saturated rings. The first-order valence-corrected chi connectivity index (χ1v) is 8.49. The summed E-state index contributed by atoms with van der Waals surface area (Å²) >= 11 is 1.77. The maximum atomic E-state index is 8.49. The van der Waals surface area contributed by atoms with E-state index >= 15 is 0 Å². The van der Waals surface area contributed by atoms with E-state index in [1.165, 1.54) is 21.1 Å². The summed E-state index contributed by atoms with van der Waals surface area (Å²) in [5.41, 5.74) is 2.53. The summed E-state index contributed by atoms with van der Waals surface area (Å²) < 4.78 is 41.4. The Morgan fingerprint density at radius 3 is 2.43 bits per heavy atom. The van der Waals surface area contributed by atoms with Crippen LogP contribution >= 0.6 is 11.8 Å². The van der Waals surface area contributed by atoms with Crippen LogP contribution in [0.3, 0.4) is 0 Å². The van der Waals surface area contributed by atoms with Crippen molar-refractivity contribution in [1.29, 1.82) is 0 Å². The third kappa shape index (κ3) is 5.21. The third-order valence-corrected chi connectivity index (χ3v) is 4.13. The highest BCUT2D eigenvalue weighted by Crippen LogP contribution is 2.36. The molecular formula is C15H14ClNO5S. The molecule has 3 rings (SSSR count). The summed E-state index contributed by atoms with van der Waals surface area (Å²) in [6.45, 7) is 2.14. The second-order valence-corrected chi connectivity index (χ2v) is 6.42. The molecule has 8 heteroatoms. The minimum absolute atomic E-state index is 0.901. The van der Waals surface area contributed by atoms with E-state index in [1.807, 2.05) is 12.1 Å². The van der Waals surface area contributed by atoms with Gasteiger partial charge >= 0.3 is 0 Å². The van der Waals surface area contributed by atoms with Crippen molar-refractivity contribution >= 4 is 23.5 Å². The fourth-order valence-corrected chi connectivity index (χ4v) is 3.17. The molecule has 0 aliphatic carbocycles. The molecule has 2 aromatic rings. The molecule has 0 bridgehead atoms. The van der Waals surface area contributed by atoms with Gasteiger partial charge in [0.05, 0.1) is 7.11 Å². The van der Waals surface area contributed by atoms with Crippen molar-refractivity contribution in [3.8, 4) is 5.75 Å². The van der Waals surface area contributed by atoms with Crippen LogP contribution in [0.4, 0.5) is 0 Å². The van der Waals surface area contributed by atoms with Gasteiger partial charge in [0.1, 0.15) is 5.75 Å². The van der Waals surface area contributed by atoms with Crippen LogP contribution in [0.25, 0.3) is 11.8 Å². The highest BCUT2D eigenvalue weighted by Gasteiger charge is 2.19. The minimum Gasteiger partial charge on any atom is -0.497 e. The van der Waals surface area contributed by atoms with Crippen LogP contribution in [0.5, 0.6) is 5.75 Å². The first-order valence-electron chi connectivity index (χ1n) is 6.44. The fraction of sp³-hybridized carbons (Fsp3) is 0.133. The maximum Gasteiger partial charge on any atom is 0.250 e. The molecule has 0 unspecified atom stereocenters. The fourth-order valence-electron chi connectivity index (χ4n) is 2.06. The van der Waals surface area contributed by atoms with E-state index in [2.05, 4.69) is 48.2 Å². The summed E-state index contributed by atoms with van der Waals surface area (Å²) in [5.74, 6) is 0.901. The molecule has 0 amide bonds. The second kappa shape index (κ2) is 7.31. The van der Waals surface area contributed by atoms with Crippen LogP contribution in [-0.2, 0) is 0 Å². The SMILES string of the molecule is COc1ccc2c(c1)Sc1cccc[n+]1C=C2C.[O-][Cl+3]([O-])([O-])[O-]. The molecule has 1 aromatic carbocycles. The Hall–Kier alpha value is -1.61. The summed E-state index contributed by atoms with van der Waals surface area (Å²) in [5, 5.41) is 1.21. The number of rotatable bonds is 1. The zero-order chi connectivity index (χ0) is 17.0. The zero-order valence-corrected chi connectivity index (χ0v) is 14.0. The number of benzene rings is 1. The number of methoxy groups -OCH3 is 1. The van der Waals surface area contributed by atoms with Crippen molar-refractivity contribution in [2.24, 2.45) is 0 Å². The Morgan fingerprint density at radius 1 is 1.09 bits per heavy atom. The van der Waals surface area contributed by atoms with Crippen molar-refractivity contribution < 1.29 is 38.2 Å². The smallest absolute Gasteiger partial charge is 0.250 e. The molecule has 122 valence electrons. The first kappa shape index (κ1) is 17.7. The van der Waals surface area contributed by atoms with Crippen LogP contribution in [0.2, 0.25) is 0 Å². The van der Waals surface area contributed by atoms with E-state index in [1.54, 1.807) is 18.9 Å². The maximum absolute atomic E-state index is 8.49. The topological polar surface area (TPSA) is 105 Å². The van der Waals surface area contributed by atoms with Gasteiger partial charge in [0.25, 0.3) is 0 Å². The van der Waals surface area contributed by atoms with Crippen molar-refractivity contribution in [3.05, 3.63) is 48.2 Å². The number of ether oxygens (including phenoxy) is 1. The molecule has 23 heavy (non-hydrogen) atoms. The molecule has 1 aliphatic heterocycles. The van der Waals surface area contributed by atoms with E-state index in [0.717, 1.165) is 5.75 Å². The van der Waals surface area contributed by atoms with Gasteiger partial charge in [-0.25, -0.2) is 18.6 Å². The largest absolute Gasteiger partial charge is 0.497 e. The average Bonchev–Trinajstić information content (AvgIpc) is 2.60. The first-order chi connectivity index (χ1) is 10.8. The Morgan fingerprint density at radius 2 is 1.78 bits per heavy atom. The number of hydrogen-bond acceptors (Lipinski definition) is 6. The summed E-state index contributed by atoms with van der Waals surface area (Å²) in [4.78, 5) is 1.24. The Labute approximate surface area is 140 Å². The van der Waals surface area contributed by atoms with Crippen molar-refractivity contribution in [3.63, 3.8) is 0 Å². The summed E-state index contributed by atoms with van der Waals surface area (Å²) in [6, 6.07) is 12.5. The predicted octanol–water partition coefficient (Wildman–Crippen LogP) is -1.29. The molecule has 0 saturated carbocycles. The molecule has 2 heterocycles. The Balaban J connectivity index is 0.000000338. The molecular weight excluding hydrogens is 342 g/mol.